The van der Waals surface area contributed by atoms with Crippen molar-refractivity contribution < 1.29 is 12.8 Å². The molecule has 20 heavy (non-hydrogen) atoms. The number of nitrogen functional groups attached to an aromatic ring is 1. The molecule has 0 saturated heterocycles. The van der Waals surface area contributed by atoms with E-state index in [-0.39, 0.29) is 10.5 Å². The lowest BCUT2D eigenvalue weighted by molar-refractivity contribution is 0.449. The quantitative estimate of drug-likeness (QED) is 0.680. The topological polar surface area (TPSA) is 86.2 Å². The van der Waals surface area contributed by atoms with E-state index < -0.39 is 9.84 Å². The Hall–Kier alpha value is -1.56. The Balaban J connectivity index is 1.99. The zero-order chi connectivity index (χ0) is 14.2. The fraction of sp³-hybridized carbons (Fsp3) is 0.500. The Morgan fingerprint density at radius 2 is 1.85 bits per heavy atom. The molecule has 0 atom stereocenters. The number of oxazole rings is 1. The second-order valence-electron chi connectivity index (χ2n) is 5.37. The monoisotopic (exact) mass is 294 g/mol. The number of aromatic nitrogens is 1. The Labute approximate surface area is 118 Å². The molecule has 1 heterocycles. The molecule has 0 radical (unpaired) electrons. The van der Waals surface area contributed by atoms with Crippen molar-refractivity contribution in [2.75, 3.05) is 5.73 Å². The summed E-state index contributed by atoms with van der Waals surface area (Å²) in [5, 5.41) is -0.527. The van der Waals surface area contributed by atoms with Gasteiger partial charge in [0.1, 0.15) is 5.52 Å². The maximum atomic E-state index is 12.6. The van der Waals surface area contributed by atoms with Gasteiger partial charge in [-0.15, -0.1) is 0 Å². The highest BCUT2D eigenvalue weighted by molar-refractivity contribution is 7.91. The second-order valence-corrected chi connectivity index (χ2v) is 7.47. The van der Waals surface area contributed by atoms with Crippen LogP contribution in [0.3, 0.4) is 0 Å². The first-order chi connectivity index (χ1) is 9.57. The van der Waals surface area contributed by atoms with Crippen LogP contribution in [0.15, 0.2) is 27.8 Å². The van der Waals surface area contributed by atoms with Gasteiger partial charge in [0.05, 0.1) is 5.25 Å². The summed E-state index contributed by atoms with van der Waals surface area (Å²) in [4.78, 5) is 4.12. The van der Waals surface area contributed by atoms with E-state index in [1.54, 1.807) is 18.2 Å². The maximum Gasteiger partial charge on any atom is 0.316 e. The van der Waals surface area contributed by atoms with E-state index >= 15 is 0 Å². The van der Waals surface area contributed by atoms with E-state index in [0.29, 0.717) is 29.6 Å². The van der Waals surface area contributed by atoms with Crippen LogP contribution in [0.5, 0.6) is 0 Å². The zero-order valence-electron chi connectivity index (χ0n) is 11.2. The molecule has 1 aromatic heterocycles. The van der Waals surface area contributed by atoms with E-state index in [2.05, 4.69) is 4.98 Å². The van der Waals surface area contributed by atoms with Crippen molar-refractivity contribution in [2.24, 2.45) is 0 Å². The molecule has 5 nitrogen and oxygen atoms in total. The molecule has 1 aromatic carbocycles. The van der Waals surface area contributed by atoms with Crippen molar-refractivity contribution in [2.45, 2.75) is 49.0 Å². The lowest BCUT2D eigenvalue weighted by atomic mass is 10.2. The summed E-state index contributed by atoms with van der Waals surface area (Å²) in [6, 6.07) is 4.96. The van der Waals surface area contributed by atoms with Crippen molar-refractivity contribution in [3.63, 3.8) is 0 Å². The van der Waals surface area contributed by atoms with Crippen molar-refractivity contribution >= 4 is 26.6 Å². The predicted molar refractivity (Wildman–Crippen MR) is 77.1 cm³/mol. The minimum Gasteiger partial charge on any atom is -0.428 e. The third-order valence-electron chi connectivity index (χ3n) is 3.88. The van der Waals surface area contributed by atoms with E-state index in [4.69, 9.17) is 10.2 Å². The average molecular weight is 294 g/mol. The fourth-order valence-electron chi connectivity index (χ4n) is 2.74. The number of nitrogens with zero attached hydrogens (tertiary/aromatic N) is 1. The largest absolute Gasteiger partial charge is 0.428 e. The normalized spacial score (nSPS) is 18.2. The first-order valence-electron chi connectivity index (χ1n) is 6.97. The van der Waals surface area contributed by atoms with Gasteiger partial charge in [-0.25, -0.2) is 8.42 Å². The summed E-state index contributed by atoms with van der Waals surface area (Å²) in [6.45, 7) is 0. The van der Waals surface area contributed by atoms with Gasteiger partial charge in [-0.2, -0.15) is 4.98 Å². The van der Waals surface area contributed by atoms with Crippen LogP contribution in [0.25, 0.3) is 11.1 Å². The lowest BCUT2D eigenvalue weighted by Gasteiger charge is -2.11. The summed E-state index contributed by atoms with van der Waals surface area (Å²) in [5.74, 6) is 0. The van der Waals surface area contributed by atoms with Crippen LogP contribution in [-0.4, -0.2) is 18.7 Å². The first-order valence-corrected chi connectivity index (χ1v) is 8.52. The van der Waals surface area contributed by atoms with Crippen molar-refractivity contribution in [1.82, 2.24) is 4.98 Å². The smallest absolute Gasteiger partial charge is 0.316 e. The van der Waals surface area contributed by atoms with Crippen LogP contribution in [0.1, 0.15) is 38.5 Å². The third-order valence-corrected chi connectivity index (χ3v) is 5.89. The molecule has 6 heteroatoms. The number of rotatable bonds is 2. The number of hydrogen-bond acceptors (Lipinski definition) is 5. The van der Waals surface area contributed by atoms with Gasteiger partial charge in [0.25, 0.3) is 0 Å². The molecule has 1 aliphatic rings. The zero-order valence-corrected chi connectivity index (χ0v) is 12.0. The summed E-state index contributed by atoms with van der Waals surface area (Å²) >= 11 is 0. The molecule has 0 aliphatic heterocycles. The van der Waals surface area contributed by atoms with Crippen molar-refractivity contribution in [1.29, 1.82) is 0 Å². The molecule has 0 spiro atoms. The van der Waals surface area contributed by atoms with Crippen LogP contribution in [-0.2, 0) is 9.84 Å². The number of sulfone groups is 1. The molecule has 0 bridgehead atoms. The van der Waals surface area contributed by atoms with Gasteiger partial charge in [0.15, 0.2) is 5.58 Å². The third kappa shape index (κ3) is 2.40. The number of fused-ring (bicyclic) bond motifs is 1. The Morgan fingerprint density at radius 1 is 1.15 bits per heavy atom. The Bertz CT molecular complexity index is 713. The Kier molecular flexibility index (Phi) is 3.41. The van der Waals surface area contributed by atoms with Gasteiger partial charge in [-0.1, -0.05) is 25.7 Å². The molecule has 1 fully saturated rings. The SMILES string of the molecule is Nc1ccc2oc(S(=O)(=O)C3CCCCCC3)nc2c1. The minimum atomic E-state index is -3.48. The summed E-state index contributed by atoms with van der Waals surface area (Å²) < 4.78 is 30.6. The molecular weight excluding hydrogens is 276 g/mol. The molecule has 108 valence electrons. The molecule has 1 aliphatic carbocycles. The summed E-state index contributed by atoms with van der Waals surface area (Å²) in [5.41, 5.74) is 7.18. The standard InChI is InChI=1S/C14H18N2O3S/c15-10-7-8-13-12(9-10)16-14(19-13)20(17,18)11-5-3-1-2-4-6-11/h7-9,11H,1-6,15H2. The first kappa shape index (κ1) is 13.4. The van der Waals surface area contributed by atoms with Crippen molar-refractivity contribution in [3.8, 4) is 0 Å². The van der Waals surface area contributed by atoms with E-state index in [0.717, 1.165) is 25.7 Å². The number of anilines is 1. The summed E-state index contributed by atoms with van der Waals surface area (Å²) in [6.07, 6.45) is 5.52. The molecule has 0 unspecified atom stereocenters. The molecule has 2 aromatic rings. The van der Waals surface area contributed by atoms with Gasteiger partial charge in [0, 0.05) is 5.69 Å². The molecule has 3 rings (SSSR count). The summed E-state index contributed by atoms with van der Waals surface area (Å²) in [7, 11) is -3.48. The lowest BCUT2D eigenvalue weighted by Crippen LogP contribution is -2.21. The number of nitrogens with two attached hydrogens (primary N) is 1. The number of hydrogen-bond donors (Lipinski definition) is 1. The van der Waals surface area contributed by atoms with Gasteiger partial charge >= 0.3 is 5.22 Å². The van der Waals surface area contributed by atoms with Crippen molar-refractivity contribution in [3.05, 3.63) is 18.2 Å². The van der Waals surface area contributed by atoms with Gasteiger partial charge in [0.2, 0.25) is 9.84 Å². The van der Waals surface area contributed by atoms with Gasteiger partial charge in [-0.3, -0.25) is 0 Å². The molecular formula is C14H18N2O3S. The van der Waals surface area contributed by atoms with Crippen LogP contribution >= 0.6 is 0 Å². The maximum absolute atomic E-state index is 12.6. The van der Waals surface area contributed by atoms with Gasteiger partial charge in [-0.05, 0) is 31.0 Å². The van der Waals surface area contributed by atoms with E-state index in [9.17, 15) is 8.42 Å². The second kappa shape index (κ2) is 5.09. The fourth-order valence-corrected chi connectivity index (χ4v) is 4.41. The van der Waals surface area contributed by atoms with E-state index in [1.165, 1.54) is 0 Å². The molecule has 2 N–H and O–H groups in total. The molecule has 1 saturated carbocycles. The van der Waals surface area contributed by atoms with Crippen LogP contribution in [0.2, 0.25) is 0 Å². The van der Waals surface area contributed by atoms with E-state index in [1.807, 2.05) is 0 Å². The molecule has 0 amide bonds. The van der Waals surface area contributed by atoms with Gasteiger partial charge < -0.3 is 10.2 Å². The Morgan fingerprint density at radius 3 is 2.55 bits per heavy atom. The van der Waals surface area contributed by atoms with Crippen LogP contribution < -0.4 is 5.73 Å². The highest BCUT2D eigenvalue weighted by Crippen LogP contribution is 2.29. The predicted octanol–water partition coefficient (Wildman–Crippen LogP) is 2.91. The van der Waals surface area contributed by atoms with Crippen LogP contribution in [0.4, 0.5) is 5.69 Å². The average Bonchev–Trinajstić information content (AvgIpc) is 2.65. The number of benzene rings is 1. The minimum absolute atomic E-state index is 0.162. The highest BCUT2D eigenvalue weighted by Gasteiger charge is 2.32. The highest BCUT2D eigenvalue weighted by atomic mass is 32.2. The van der Waals surface area contributed by atoms with Crippen LogP contribution in [0, 0.1) is 0 Å².